The fraction of sp³-hybridized carbons (Fsp3) is 0.214. The van der Waals surface area contributed by atoms with E-state index < -0.39 is 0 Å². The van der Waals surface area contributed by atoms with E-state index in [1.807, 2.05) is 42.2 Å². The van der Waals surface area contributed by atoms with E-state index in [-0.39, 0.29) is 5.91 Å². The molecule has 1 aromatic carbocycles. The van der Waals surface area contributed by atoms with Gasteiger partial charge < -0.3 is 4.90 Å². The number of rotatable bonds is 4. The van der Waals surface area contributed by atoms with Crippen LogP contribution >= 0.6 is 22.9 Å². The van der Waals surface area contributed by atoms with Gasteiger partial charge in [0.2, 0.25) is 0 Å². The lowest BCUT2D eigenvalue weighted by Crippen LogP contribution is -2.29. The van der Waals surface area contributed by atoms with Crippen LogP contribution in [0.5, 0.6) is 0 Å². The highest BCUT2D eigenvalue weighted by atomic mass is 35.5. The van der Waals surface area contributed by atoms with E-state index in [1.54, 1.807) is 12.1 Å². The minimum atomic E-state index is 0.0400. The summed E-state index contributed by atoms with van der Waals surface area (Å²) in [5.74, 6) is 0.0400. The summed E-state index contributed by atoms with van der Waals surface area (Å²) in [5, 5.41) is 0. The minimum Gasteiger partial charge on any atom is -0.334 e. The molecule has 0 aliphatic carbocycles. The second-order valence-corrected chi connectivity index (χ2v) is 5.62. The van der Waals surface area contributed by atoms with Gasteiger partial charge in [0, 0.05) is 13.1 Å². The van der Waals surface area contributed by atoms with Crippen molar-refractivity contribution in [2.75, 3.05) is 6.54 Å². The molecule has 0 aliphatic rings. The number of benzene rings is 1. The first-order valence-corrected chi connectivity index (χ1v) is 6.98. The Bertz CT molecular complexity index is 524. The van der Waals surface area contributed by atoms with Crippen LogP contribution in [-0.4, -0.2) is 17.4 Å². The number of hydrogen-bond donors (Lipinski definition) is 0. The number of hydrogen-bond acceptors (Lipinski definition) is 2. The first kappa shape index (κ1) is 13.1. The standard InChI is InChI=1S/C14H14ClNOS/c1-2-16(10-11-6-4-3-5-7-11)14(17)12-8-9-13(15)18-12/h3-9H,2,10H2,1H3. The molecule has 0 bridgehead atoms. The fourth-order valence-corrected chi connectivity index (χ4v) is 2.73. The Kier molecular flexibility index (Phi) is 4.39. The fourth-order valence-electron chi connectivity index (χ4n) is 1.72. The third-order valence-electron chi connectivity index (χ3n) is 2.67. The molecule has 2 nitrogen and oxygen atoms in total. The van der Waals surface area contributed by atoms with Crippen molar-refractivity contribution in [2.45, 2.75) is 13.5 Å². The van der Waals surface area contributed by atoms with Crippen molar-refractivity contribution in [3.63, 3.8) is 0 Å². The largest absolute Gasteiger partial charge is 0.334 e. The van der Waals surface area contributed by atoms with Crippen molar-refractivity contribution in [3.8, 4) is 0 Å². The zero-order valence-corrected chi connectivity index (χ0v) is 11.7. The van der Waals surface area contributed by atoms with Crippen LogP contribution in [0.2, 0.25) is 4.34 Å². The number of nitrogens with zero attached hydrogens (tertiary/aromatic N) is 1. The van der Waals surface area contributed by atoms with Crippen LogP contribution in [0.4, 0.5) is 0 Å². The topological polar surface area (TPSA) is 20.3 Å². The zero-order valence-electron chi connectivity index (χ0n) is 10.1. The summed E-state index contributed by atoms with van der Waals surface area (Å²) in [4.78, 5) is 14.8. The average Bonchev–Trinajstić information content (AvgIpc) is 2.83. The van der Waals surface area contributed by atoms with Gasteiger partial charge in [0.15, 0.2) is 0 Å². The molecule has 1 aromatic heterocycles. The van der Waals surface area contributed by atoms with E-state index in [2.05, 4.69) is 0 Å². The van der Waals surface area contributed by atoms with E-state index in [0.29, 0.717) is 22.3 Å². The maximum atomic E-state index is 12.3. The molecular weight excluding hydrogens is 266 g/mol. The first-order chi connectivity index (χ1) is 8.70. The molecule has 2 rings (SSSR count). The van der Waals surface area contributed by atoms with Crippen LogP contribution in [0.3, 0.4) is 0 Å². The van der Waals surface area contributed by atoms with Crippen LogP contribution in [0.25, 0.3) is 0 Å². The van der Waals surface area contributed by atoms with E-state index in [1.165, 1.54) is 11.3 Å². The molecule has 0 N–H and O–H groups in total. The maximum absolute atomic E-state index is 12.3. The SMILES string of the molecule is CCN(Cc1ccccc1)C(=O)c1ccc(Cl)s1. The Morgan fingerprint density at radius 2 is 1.94 bits per heavy atom. The summed E-state index contributed by atoms with van der Waals surface area (Å²) < 4.78 is 0.647. The van der Waals surface area contributed by atoms with Gasteiger partial charge in [0.25, 0.3) is 5.91 Å². The lowest BCUT2D eigenvalue weighted by Gasteiger charge is -2.20. The van der Waals surface area contributed by atoms with Gasteiger partial charge in [-0.25, -0.2) is 0 Å². The van der Waals surface area contributed by atoms with E-state index in [9.17, 15) is 4.79 Å². The van der Waals surface area contributed by atoms with Crippen LogP contribution in [0, 0.1) is 0 Å². The average molecular weight is 280 g/mol. The summed E-state index contributed by atoms with van der Waals surface area (Å²) >= 11 is 7.18. The Morgan fingerprint density at radius 1 is 1.22 bits per heavy atom. The third-order valence-corrected chi connectivity index (χ3v) is 3.89. The molecule has 0 spiro atoms. The highest BCUT2D eigenvalue weighted by molar-refractivity contribution is 7.17. The number of halogens is 1. The van der Waals surface area contributed by atoms with Crippen LogP contribution < -0.4 is 0 Å². The van der Waals surface area contributed by atoms with Gasteiger partial charge >= 0.3 is 0 Å². The van der Waals surface area contributed by atoms with Gasteiger partial charge in [0.1, 0.15) is 0 Å². The summed E-state index contributed by atoms with van der Waals surface area (Å²) in [6, 6.07) is 13.5. The quantitative estimate of drug-likeness (QED) is 0.826. The molecule has 0 saturated heterocycles. The summed E-state index contributed by atoms with van der Waals surface area (Å²) in [6.07, 6.45) is 0. The lowest BCUT2D eigenvalue weighted by atomic mass is 10.2. The van der Waals surface area contributed by atoms with Gasteiger partial charge in [-0.15, -0.1) is 11.3 Å². The molecule has 0 saturated carbocycles. The Balaban J connectivity index is 2.12. The zero-order chi connectivity index (χ0) is 13.0. The third kappa shape index (κ3) is 3.12. The summed E-state index contributed by atoms with van der Waals surface area (Å²) in [7, 11) is 0. The highest BCUT2D eigenvalue weighted by Gasteiger charge is 2.16. The first-order valence-electron chi connectivity index (χ1n) is 5.79. The van der Waals surface area contributed by atoms with Crippen molar-refractivity contribution in [2.24, 2.45) is 0 Å². The molecular formula is C14H14ClNOS. The molecule has 2 aromatic rings. The van der Waals surface area contributed by atoms with Crippen molar-refractivity contribution in [1.29, 1.82) is 0 Å². The van der Waals surface area contributed by atoms with Crippen molar-refractivity contribution in [3.05, 3.63) is 57.2 Å². The molecule has 0 unspecified atom stereocenters. The van der Waals surface area contributed by atoms with Crippen molar-refractivity contribution in [1.82, 2.24) is 4.90 Å². The van der Waals surface area contributed by atoms with Crippen LogP contribution in [0.15, 0.2) is 42.5 Å². The minimum absolute atomic E-state index is 0.0400. The van der Waals surface area contributed by atoms with E-state index >= 15 is 0 Å². The summed E-state index contributed by atoms with van der Waals surface area (Å²) in [5.41, 5.74) is 1.13. The monoisotopic (exact) mass is 279 g/mol. The molecule has 0 fully saturated rings. The number of amides is 1. The Morgan fingerprint density at radius 3 is 2.50 bits per heavy atom. The summed E-state index contributed by atoms with van der Waals surface area (Å²) in [6.45, 7) is 3.30. The predicted octanol–water partition coefficient (Wildman–Crippen LogP) is 4.06. The molecule has 94 valence electrons. The van der Waals surface area contributed by atoms with Crippen molar-refractivity contribution < 1.29 is 4.79 Å². The molecule has 1 heterocycles. The van der Waals surface area contributed by atoms with Gasteiger partial charge in [-0.05, 0) is 24.6 Å². The smallest absolute Gasteiger partial charge is 0.264 e. The van der Waals surface area contributed by atoms with Gasteiger partial charge in [0.05, 0.1) is 9.21 Å². The molecule has 18 heavy (non-hydrogen) atoms. The number of carbonyl (C=O) groups excluding carboxylic acids is 1. The maximum Gasteiger partial charge on any atom is 0.264 e. The van der Waals surface area contributed by atoms with E-state index in [0.717, 1.165) is 5.56 Å². The Labute approximate surface area is 116 Å². The van der Waals surface area contributed by atoms with Crippen LogP contribution in [-0.2, 0) is 6.54 Å². The number of thiophene rings is 1. The molecule has 0 aliphatic heterocycles. The predicted molar refractivity (Wildman–Crippen MR) is 76.2 cm³/mol. The molecule has 0 radical (unpaired) electrons. The van der Waals surface area contributed by atoms with Gasteiger partial charge in [-0.2, -0.15) is 0 Å². The van der Waals surface area contributed by atoms with E-state index in [4.69, 9.17) is 11.6 Å². The second-order valence-electron chi connectivity index (χ2n) is 3.91. The molecule has 0 atom stereocenters. The van der Waals surface area contributed by atoms with Gasteiger partial charge in [-0.1, -0.05) is 41.9 Å². The van der Waals surface area contributed by atoms with Crippen LogP contribution in [0.1, 0.15) is 22.2 Å². The van der Waals surface area contributed by atoms with Crippen molar-refractivity contribution >= 4 is 28.8 Å². The van der Waals surface area contributed by atoms with Gasteiger partial charge in [-0.3, -0.25) is 4.79 Å². The highest BCUT2D eigenvalue weighted by Crippen LogP contribution is 2.23. The number of carbonyl (C=O) groups is 1. The Hall–Kier alpha value is -1.32. The molecule has 1 amide bonds. The second kappa shape index (κ2) is 6.03. The molecule has 4 heteroatoms. The normalized spacial score (nSPS) is 10.3. The lowest BCUT2D eigenvalue weighted by molar-refractivity contribution is 0.0757.